The summed E-state index contributed by atoms with van der Waals surface area (Å²) < 4.78 is 5.18. The third-order valence-corrected chi connectivity index (χ3v) is 5.20. The number of amides is 1. The van der Waals surface area contributed by atoms with Crippen molar-refractivity contribution in [1.82, 2.24) is 14.7 Å². The number of carbonyl (C=O) groups excluding carboxylic acids is 1. The van der Waals surface area contributed by atoms with Crippen molar-refractivity contribution in [2.45, 2.75) is 51.6 Å². The van der Waals surface area contributed by atoms with E-state index in [9.17, 15) is 4.79 Å². The van der Waals surface area contributed by atoms with Crippen LogP contribution in [0.2, 0.25) is 0 Å². The average Bonchev–Trinajstić information content (AvgIpc) is 2.81. The van der Waals surface area contributed by atoms with Gasteiger partial charge in [-0.05, 0) is 26.7 Å². The van der Waals surface area contributed by atoms with Gasteiger partial charge in [-0.3, -0.25) is 14.6 Å². The molecule has 2 fully saturated rings. The molecule has 1 amide bonds. The summed E-state index contributed by atoms with van der Waals surface area (Å²) in [5, 5.41) is 0. The highest BCUT2D eigenvalue weighted by molar-refractivity contribution is 5.81. The van der Waals surface area contributed by atoms with Crippen molar-refractivity contribution in [3.05, 3.63) is 0 Å². The van der Waals surface area contributed by atoms with E-state index in [1.807, 2.05) is 0 Å². The summed E-state index contributed by atoms with van der Waals surface area (Å²) in [5.74, 6) is 0.333. The van der Waals surface area contributed by atoms with Crippen LogP contribution in [0.15, 0.2) is 0 Å². The van der Waals surface area contributed by atoms with Crippen LogP contribution in [0.4, 0.5) is 0 Å². The molecule has 2 rings (SSSR count). The first-order valence-corrected chi connectivity index (χ1v) is 8.89. The largest absolute Gasteiger partial charge is 0.383 e. The van der Waals surface area contributed by atoms with Crippen LogP contribution < -0.4 is 0 Å². The van der Waals surface area contributed by atoms with Crippen LogP contribution in [0.5, 0.6) is 0 Å². The van der Waals surface area contributed by atoms with Crippen molar-refractivity contribution < 1.29 is 9.53 Å². The second kappa shape index (κ2) is 8.85. The molecule has 5 nitrogen and oxygen atoms in total. The summed E-state index contributed by atoms with van der Waals surface area (Å²) in [6.45, 7) is 11.0. The minimum Gasteiger partial charge on any atom is -0.383 e. The Bertz CT molecular complexity index is 343. The standard InChI is InChI=1S/C17H33N3O2/c1-15-14-20(11-10-18(15)12-13-22-3)16(2)17(21)19-8-6-4-5-7-9-19/h15-16H,4-14H2,1-3H3/t15-,16+/m0/s1. The molecule has 0 N–H and O–H groups in total. The summed E-state index contributed by atoms with van der Waals surface area (Å²) in [7, 11) is 1.75. The van der Waals surface area contributed by atoms with Gasteiger partial charge in [-0.15, -0.1) is 0 Å². The van der Waals surface area contributed by atoms with E-state index in [0.29, 0.717) is 11.9 Å². The van der Waals surface area contributed by atoms with Crippen molar-refractivity contribution in [3.63, 3.8) is 0 Å². The lowest BCUT2D eigenvalue weighted by atomic mass is 10.1. The third kappa shape index (κ3) is 4.67. The van der Waals surface area contributed by atoms with Crippen molar-refractivity contribution in [2.24, 2.45) is 0 Å². The Morgan fingerprint density at radius 2 is 1.82 bits per heavy atom. The van der Waals surface area contributed by atoms with Gasteiger partial charge >= 0.3 is 0 Å². The molecule has 2 aliphatic heterocycles. The van der Waals surface area contributed by atoms with E-state index in [4.69, 9.17) is 4.74 Å². The Balaban J connectivity index is 1.84. The minimum absolute atomic E-state index is 0.0186. The van der Waals surface area contributed by atoms with Gasteiger partial charge in [-0.2, -0.15) is 0 Å². The summed E-state index contributed by atoms with van der Waals surface area (Å²) >= 11 is 0. The van der Waals surface area contributed by atoms with E-state index in [0.717, 1.165) is 45.9 Å². The van der Waals surface area contributed by atoms with E-state index in [-0.39, 0.29) is 6.04 Å². The van der Waals surface area contributed by atoms with Gasteiger partial charge in [0.1, 0.15) is 0 Å². The number of likely N-dealkylation sites (tertiary alicyclic amines) is 1. The second-order valence-electron chi connectivity index (χ2n) is 6.79. The Hall–Kier alpha value is -0.650. The number of rotatable bonds is 5. The van der Waals surface area contributed by atoms with E-state index in [2.05, 4.69) is 28.5 Å². The number of ether oxygens (including phenoxy) is 1. The molecule has 2 heterocycles. The van der Waals surface area contributed by atoms with Gasteiger partial charge in [0.2, 0.25) is 5.91 Å². The quantitative estimate of drug-likeness (QED) is 0.769. The molecular formula is C17H33N3O2. The molecule has 0 unspecified atom stereocenters. The minimum atomic E-state index is 0.0186. The van der Waals surface area contributed by atoms with Crippen molar-refractivity contribution in [2.75, 3.05) is 53.0 Å². The molecule has 2 atom stereocenters. The Morgan fingerprint density at radius 1 is 1.14 bits per heavy atom. The van der Waals surface area contributed by atoms with Gasteiger partial charge in [0, 0.05) is 52.4 Å². The molecule has 0 saturated carbocycles. The maximum Gasteiger partial charge on any atom is 0.239 e. The average molecular weight is 311 g/mol. The van der Waals surface area contributed by atoms with Gasteiger partial charge in [-0.1, -0.05) is 12.8 Å². The molecule has 128 valence electrons. The maximum absolute atomic E-state index is 12.8. The molecule has 5 heteroatoms. The van der Waals surface area contributed by atoms with Crippen molar-refractivity contribution in [1.29, 1.82) is 0 Å². The molecule has 2 saturated heterocycles. The number of hydrogen-bond donors (Lipinski definition) is 0. The van der Waals surface area contributed by atoms with E-state index in [1.54, 1.807) is 7.11 Å². The van der Waals surface area contributed by atoms with Crippen molar-refractivity contribution in [3.8, 4) is 0 Å². The molecule has 0 aliphatic carbocycles. The zero-order valence-electron chi connectivity index (χ0n) is 14.6. The Morgan fingerprint density at radius 3 is 2.41 bits per heavy atom. The predicted molar refractivity (Wildman–Crippen MR) is 89.0 cm³/mol. The van der Waals surface area contributed by atoms with Crippen LogP contribution >= 0.6 is 0 Å². The van der Waals surface area contributed by atoms with Crippen LogP contribution in [0.3, 0.4) is 0 Å². The molecular weight excluding hydrogens is 278 g/mol. The highest BCUT2D eigenvalue weighted by Crippen LogP contribution is 2.16. The van der Waals surface area contributed by atoms with E-state index >= 15 is 0 Å². The fourth-order valence-corrected chi connectivity index (χ4v) is 3.63. The Labute approximate surface area is 135 Å². The molecule has 2 aliphatic rings. The molecule has 0 aromatic carbocycles. The summed E-state index contributed by atoms with van der Waals surface area (Å²) in [4.78, 5) is 19.7. The fraction of sp³-hybridized carbons (Fsp3) is 0.941. The van der Waals surface area contributed by atoms with Crippen LogP contribution in [0.1, 0.15) is 39.5 Å². The van der Waals surface area contributed by atoms with Crippen LogP contribution in [-0.4, -0.2) is 85.7 Å². The van der Waals surface area contributed by atoms with Gasteiger partial charge in [-0.25, -0.2) is 0 Å². The number of methoxy groups -OCH3 is 1. The highest BCUT2D eigenvalue weighted by atomic mass is 16.5. The molecule has 0 bridgehead atoms. The summed E-state index contributed by atoms with van der Waals surface area (Å²) in [5.41, 5.74) is 0. The first-order chi connectivity index (χ1) is 10.6. The van der Waals surface area contributed by atoms with Crippen LogP contribution in [-0.2, 0) is 9.53 Å². The first-order valence-electron chi connectivity index (χ1n) is 8.89. The lowest BCUT2D eigenvalue weighted by molar-refractivity contribution is -0.137. The normalized spacial score (nSPS) is 26.7. The molecule has 0 aromatic heterocycles. The summed E-state index contributed by atoms with van der Waals surface area (Å²) in [6, 6.07) is 0.508. The lowest BCUT2D eigenvalue weighted by Crippen LogP contribution is -2.58. The van der Waals surface area contributed by atoms with Gasteiger partial charge < -0.3 is 9.64 Å². The van der Waals surface area contributed by atoms with E-state index in [1.165, 1.54) is 25.7 Å². The van der Waals surface area contributed by atoms with Crippen molar-refractivity contribution >= 4 is 5.91 Å². The lowest BCUT2D eigenvalue weighted by Gasteiger charge is -2.42. The fourth-order valence-electron chi connectivity index (χ4n) is 3.63. The SMILES string of the molecule is COCCN1CCN([C@H](C)C(=O)N2CCCCCC2)C[C@@H]1C. The predicted octanol–water partition coefficient (Wildman–Crippen LogP) is 1.43. The van der Waals surface area contributed by atoms with E-state index < -0.39 is 0 Å². The number of carbonyl (C=O) groups is 1. The zero-order chi connectivity index (χ0) is 15.9. The molecule has 22 heavy (non-hydrogen) atoms. The monoisotopic (exact) mass is 311 g/mol. The molecule has 0 spiro atoms. The highest BCUT2D eigenvalue weighted by Gasteiger charge is 2.31. The zero-order valence-corrected chi connectivity index (χ0v) is 14.6. The van der Waals surface area contributed by atoms with Crippen LogP contribution in [0, 0.1) is 0 Å². The van der Waals surface area contributed by atoms with Gasteiger partial charge in [0.25, 0.3) is 0 Å². The van der Waals surface area contributed by atoms with Gasteiger partial charge in [0.15, 0.2) is 0 Å². The summed E-state index contributed by atoms with van der Waals surface area (Å²) in [6.07, 6.45) is 4.88. The number of hydrogen-bond acceptors (Lipinski definition) is 4. The maximum atomic E-state index is 12.8. The number of nitrogens with zero attached hydrogens (tertiary/aromatic N) is 3. The first kappa shape index (κ1) is 17.7. The molecule has 0 radical (unpaired) electrons. The topological polar surface area (TPSA) is 36.0 Å². The third-order valence-electron chi connectivity index (χ3n) is 5.20. The Kier molecular flexibility index (Phi) is 7.12. The van der Waals surface area contributed by atoms with Gasteiger partial charge in [0.05, 0.1) is 12.6 Å². The second-order valence-corrected chi connectivity index (χ2v) is 6.79. The molecule has 0 aromatic rings. The van der Waals surface area contributed by atoms with Crippen LogP contribution in [0.25, 0.3) is 0 Å². The number of piperazine rings is 1. The smallest absolute Gasteiger partial charge is 0.239 e.